The number of aliphatic imine (C=N–C) groups is 1. The number of rotatable bonds is 7. The molecule has 1 unspecified atom stereocenters. The number of halogens is 2. The van der Waals surface area contributed by atoms with Crippen LogP contribution in [0.3, 0.4) is 0 Å². The van der Waals surface area contributed by atoms with Crippen LogP contribution in [-0.4, -0.2) is 51.0 Å². The van der Waals surface area contributed by atoms with E-state index >= 15 is 0 Å². The highest BCUT2D eigenvalue weighted by Gasteiger charge is 2.21. The third-order valence-electron chi connectivity index (χ3n) is 5.35. The van der Waals surface area contributed by atoms with E-state index in [0.29, 0.717) is 25.5 Å². The van der Waals surface area contributed by atoms with E-state index in [9.17, 15) is 9.18 Å². The SMILES string of the molecule is CN=C(NCc1ccc(N2CCCC2=O)cc1)NCC(c1ccc(F)cc1)N(C)C.I. The van der Waals surface area contributed by atoms with Crippen molar-refractivity contribution in [3.63, 3.8) is 0 Å². The molecule has 1 aliphatic heterocycles. The lowest BCUT2D eigenvalue weighted by Gasteiger charge is -2.26. The number of carbonyl (C=O) groups excluding carboxylic acids is 1. The van der Waals surface area contributed by atoms with E-state index in [2.05, 4.69) is 20.5 Å². The van der Waals surface area contributed by atoms with Gasteiger partial charge in [-0.1, -0.05) is 24.3 Å². The lowest BCUT2D eigenvalue weighted by molar-refractivity contribution is -0.117. The van der Waals surface area contributed by atoms with Crippen molar-refractivity contribution in [2.45, 2.75) is 25.4 Å². The van der Waals surface area contributed by atoms with Gasteiger partial charge in [-0.3, -0.25) is 9.79 Å². The maximum Gasteiger partial charge on any atom is 0.227 e. The molecule has 6 nitrogen and oxygen atoms in total. The van der Waals surface area contributed by atoms with Crippen molar-refractivity contribution in [2.75, 3.05) is 39.1 Å². The maximum atomic E-state index is 13.2. The summed E-state index contributed by atoms with van der Waals surface area (Å²) in [6.07, 6.45) is 1.56. The molecule has 0 bridgehead atoms. The minimum Gasteiger partial charge on any atom is -0.354 e. The number of anilines is 1. The lowest BCUT2D eigenvalue weighted by atomic mass is 10.1. The number of benzene rings is 2. The first-order chi connectivity index (χ1) is 14.5. The molecule has 1 aliphatic rings. The van der Waals surface area contributed by atoms with E-state index in [0.717, 1.165) is 29.8 Å². The molecular formula is C23H31FIN5O. The van der Waals surface area contributed by atoms with E-state index in [1.807, 2.05) is 55.4 Å². The molecule has 8 heteroatoms. The number of nitrogens with one attached hydrogen (secondary N) is 2. The predicted molar refractivity (Wildman–Crippen MR) is 134 cm³/mol. The quantitative estimate of drug-likeness (QED) is 0.321. The fourth-order valence-corrected chi connectivity index (χ4v) is 3.60. The first-order valence-corrected chi connectivity index (χ1v) is 10.2. The molecule has 0 saturated carbocycles. The molecule has 1 fully saturated rings. The number of carbonyl (C=O) groups is 1. The van der Waals surface area contributed by atoms with Crippen LogP contribution in [0.1, 0.15) is 30.0 Å². The van der Waals surface area contributed by atoms with Crippen LogP contribution in [0.4, 0.5) is 10.1 Å². The summed E-state index contributed by atoms with van der Waals surface area (Å²) in [5, 5.41) is 6.66. The van der Waals surface area contributed by atoms with Gasteiger partial charge >= 0.3 is 0 Å². The van der Waals surface area contributed by atoms with E-state index < -0.39 is 0 Å². The average Bonchev–Trinajstić information content (AvgIpc) is 3.17. The van der Waals surface area contributed by atoms with Gasteiger partial charge in [0.1, 0.15) is 5.82 Å². The monoisotopic (exact) mass is 539 g/mol. The summed E-state index contributed by atoms with van der Waals surface area (Å²) >= 11 is 0. The van der Waals surface area contributed by atoms with Gasteiger partial charge in [0.25, 0.3) is 0 Å². The zero-order valence-electron chi connectivity index (χ0n) is 18.3. The van der Waals surface area contributed by atoms with Crippen molar-refractivity contribution in [3.05, 3.63) is 65.5 Å². The highest BCUT2D eigenvalue weighted by Crippen LogP contribution is 2.21. The molecule has 3 rings (SSSR count). The first kappa shape index (κ1) is 25.1. The molecule has 0 radical (unpaired) electrons. The Bertz CT molecular complexity index is 871. The van der Waals surface area contributed by atoms with Crippen molar-refractivity contribution >= 4 is 41.5 Å². The van der Waals surface area contributed by atoms with Crippen LogP contribution < -0.4 is 15.5 Å². The Morgan fingerprint density at radius 3 is 2.35 bits per heavy atom. The van der Waals surface area contributed by atoms with Crippen molar-refractivity contribution in [3.8, 4) is 0 Å². The van der Waals surface area contributed by atoms with E-state index in [1.165, 1.54) is 12.1 Å². The Balaban J connectivity index is 0.00000341. The molecule has 2 aromatic carbocycles. The van der Waals surface area contributed by atoms with Crippen LogP contribution in [-0.2, 0) is 11.3 Å². The highest BCUT2D eigenvalue weighted by molar-refractivity contribution is 14.0. The van der Waals surface area contributed by atoms with Crippen molar-refractivity contribution in [1.82, 2.24) is 15.5 Å². The standard InChI is InChI=1S/C23H30FN5O.HI/c1-25-23(27-16-21(28(2)3)18-8-10-19(24)11-9-18)26-15-17-6-12-20(13-7-17)29-14-4-5-22(29)30;/h6-13,21H,4-5,14-16H2,1-3H3,(H2,25,26,27);1H. The average molecular weight is 539 g/mol. The van der Waals surface area contributed by atoms with Crippen LogP contribution in [0.25, 0.3) is 0 Å². The Morgan fingerprint density at radius 2 is 1.81 bits per heavy atom. The van der Waals surface area contributed by atoms with Gasteiger partial charge in [0.05, 0.1) is 6.04 Å². The van der Waals surface area contributed by atoms with Gasteiger partial charge in [0.2, 0.25) is 5.91 Å². The van der Waals surface area contributed by atoms with Crippen LogP contribution in [0.5, 0.6) is 0 Å². The van der Waals surface area contributed by atoms with E-state index in [4.69, 9.17) is 0 Å². The normalized spacial score (nSPS) is 15.1. The molecule has 1 amide bonds. The molecule has 2 aromatic rings. The van der Waals surface area contributed by atoms with Gasteiger partial charge in [0.15, 0.2) is 5.96 Å². The van der Waals surface area contributed by atoms with Gasteiger partial charge in [0, 0.05) is 38.8 Å². The number of hydrogen-bond donors (Lipinski definition) is 2. The van der Waals surface area contributed by atoms with Crippen LogP contribution in [0.2, 0.25) is 0 Å². The third-order valence-corrected chi connectivity index (χ3v) is 5.35. The van der Waals surface area contributed by atoms with E-state index in [1.54, 1.807) is 7.05 Å². The zero-order valence-corrected chi connectivity index (χ0v) is 20.6. The highest BCUT2D eigenvalue weighted by atomic mass is 127. The molecule has 1 saturated heterocycles. The second kappa shape index (κ2) is 12.0. The minimum absolute atomic E-state index is 0. The number of hydrogen-bond acceptors (Lipinski definition) is 3. The summed E-state index contributed by atoms with van der Waals surface area (Å²) in [7, 11) is 5.73. The van der Waals surface area contributed by atoms with Crippen LogP contribution in [0, 0.1) is 5.82 Å². The number of amides is 1. The summed E-state index contributed by atoms with van der Waals surface area (Å²) in [5.41, 5.74) is 3.10. The number of nitrogens with zero attached hydrogens (tertiary/aromatic N) is 3. The van der Waals surface area contributed by atoms with Gasteiger partial charge < -0.3 is 20.4 Å². The summed E-state index contributed by atoms with van der Waals surface area (Å²) in [4.78, 5) is 20.1. The summed E-state index contributed by atoms with van der Waals surface area (Å²) in [5.74, 6) is 0.659. The van der Waals surface area contributed by atoms with Crippen LogP contribution in [0.15, 0.2) is 53.5 Å². The summed E-state index contributed by atoms with van der Waals surface area (Å²) < 4.78 is 13.2. The molecule has 0 spiro atoms. The molecular weight excluding hydrogens is 508 g/mol. The molecule has 0 aromatic heterocycles. The van der Waals surface area contributed by atoms with Gasteiger partial charge in [-0.2, -0.15) is 0 Å². The van der Waals surface area contributed by atoms with Gasteiger partial charge in [-0.05, 0) is 55.9 Å². The Hall–Kier alpha value is -2.20. The van der Waals surface area contributed by atoms with E-state index in [-0.39, 0.29) is 41.7 Å². The van der Waals surface area contributed by atoms with Crippen molar-refractivity contribution in [2.24, 2.45) is 4.99 Å². The Kier molecular flexibility index (Phi) is 9.70. The second-order valence-corrected chi connectivity index (χ2v) is 7.65. The zero-order chi connectivity index (χ0) is 21.5. The molecule has 168 valence electrons. The Morgan fingerprint density at radius 1 is 1.13 bits per heavy atom. The fourth-order valence-electron chi connectivity index (χ4n) is 3.60. The first-order valence-electron chi connectivity index (χ1n) is 10.2. The molecule has 0 aliphatic carbocycles. The van der Waals surface area contributed by atoms with Gasteiger partial charge in [-0.15, -0.1) is 24.0 Å². The molecule has 31 heavy (non-hydrogen) atoms. The van der Waals surface area contributed by atoms with Gasteiger partial charge in [-0.25, -0.2) is 4.39 Å². The summed E-state index contributed by atoms with van der Waals surface area (Å²) in [6.45, 7) is 2.06. The lowest BCUT2D eigenvalue weighted by Crippen LogP contribution is -2.41. The van der Waals surface area contributed by atoms with Crippen molar-refractivity contribution < 1.29 is 9.18 Å². The summed E-state index contributed by atoms with van der Waals surface area (Å²) in [6, 6.07) is 14.7. The smallest absolute Gasteiger partial charge is 0.227 e. The Labute approximate surface area is 200 Å². The largest absolute Gasteiger partial charge is 0.354 e. The molecule has 1 heterocycles. The molecule has 1 atom stereocenters. The fraction of sp³-hybridized carbons (Fsp3) is 0.391. The minimum atomic E-state index is -0.234. The van der Waals surface area contributed by atoms with Crippen molar-refractivity contribution in [1.29, 1.82) is 0 Å². The molecule has 2 N–H and O–H groups in total. The third kappa shape index (κ3) is 6.90. The maximum absolute atomic E-state index is 13.2. The predicted octanol–water partition coefficient (Wildman–Crippen LogP) is 3.54. The number of guanidine groups is 1. The van der Waals surface area contributed by atoms with Crippen LogP contribution >= 0.6 is 24.0 Å². The second-order valence-electron chi connectivity index (χ2n) is 7.65. The topological polar surface area (TPSA) is 60.0 Å². The number of likely N-dealkylation sites (N-methyl/N-ethyl adjacent to an activating group) is 1.